The summed E-state index contributed by atoms with van der Waals surface area (Å²) in [5.41, 5.74) is 7.49. The molecular formula is C22H17N5O2. The predicted octanol–water partition coefficient (Wildman–Crippen LogP) is 3.01. The fraction of sp³-hybridized carbons (Fsp3) is 0. The van der Waals surface area contributed by atoms with Gasteiger partial charge in [-0.25, -0.2) is 4.68 Å². The number of benzene rings is 2. The minimum atomic E-state index is -0.504. The Balaban J connectivity index is 1.62. The molecule has 0 fully saturated rings. The zero-order valence-corrected chi connectivity index (χ0v) is 15.3. The van der Waals surface area contributed by atoms with Crippen LogP contribution in [0.5, 0.6) is 0 Å². The van der Waals surface area contributed by atoms with E-state index in [4.69, 9.17) is 0 Å². The van der Waals surface area contributed by atoms with E-state index in [1.807, 2.05) is 60.7 Å². The van der Waals surface area contributed by atoms with E-state index >= 15 is 0 Å². The molecule has 29 heavy (non-hydrogen) atoms. The van der Waals surface area contributed by atoms with Crippen molar-refractivity contribution < 1.29 is 9.59 Å². The van der Waals surface area contributed by atoms with Crippen LogP contribution >= 0.6 is 0 Å². The molecule has 2 N–H and O–H groups in total. The van der Waals surface area contributed by atoms with Gasteiger partial charge in [-0.3, -0.25) is 25.4 Å². The predicted molar refractivity (Wildman–Crippen MR) is 108 cm³/mol. The maximum absolute atomic E-state index is 12.8. The molecule has 0 saturated heterocycles. The van der Waals surface area contributed by atoms with Crippen LogP contribution in [0.25, 0.3) is 16.9 Å². The summed E-state index contributed by atoms with van der Waals surface area (Å²) in [5.74, 6) is -0.981. The lowest BCUT2D eigenvalue weighted by Crippen LogP contribution is -2.42. The summed E-state index contributed by atoms with van der Waals surface area (Å²) in [7, 11) is 0. The minimum Gasteiger partial charge on any atom is -0.267 e. The highest BCUT2D eigenvalue weighted by Crippen LogP contribution is 2.23. The first-order chi connectivity index (χ1) is 14.2. The Kier molecular flexibility index (Phi) is 5.11. The molecule has 0 saturated carbocycles. The van der Waals surface area contributed by atoms with Gasteiger partial charge >= 0.3 is 0 Å². The van der Waals surface area contributed by atoms with E-state index < -0.39 is 11.8 Å². The Labute approximate surface area is 167 Å². The first-order valence-electron chi connectivity index (χ1n) is 8.94. The summed E-state index contributed by atoms with van der Waals surface area (Å²) in [4.78, 5) is 28.9. The highest BCUT2D eigenvalue weighted by molar-refractivity contribution is 6.02. The fourth-order valence-electron chi connectivity index (χ4n) is 2.80. The average molecular weight is 383 g/mol. The number of aromatic nitrogens is 3. The molecule has 4 rings (SSSR count). The van der Waals surface area contributed by atoms with Gasteiger partial charge in [-0.2, -0.15) is 5.10 Å². The number of carbonyl (C=O) groups is 2. The van der Waals surface area contributed by atoms with Crippen molar-refractivity contribution >= 4 is 11.8 Å². The third kappa shape index (κ3) is 4.03. The Hall–Kier alpha value is -4.26. The lowest BCUT2D eigenvalue weighted by Gasteiger charge is -2.07. The Morgan fingerprint density at radius 3 is 2.10 bits per heavy atom. The fourth-order valence-corrected chi connectivity index (χ4v) is 2.80. The normalized spacial score (nSPS) is 10.3. The van der Waals surface area contributed by atoms with Crippen molar-refractivity contribution in [3.63, 3.8) is 0 Å². The number of hydrogen-bond acceptors (Lipinski definition) is 4. The average Bonchev–Trinajstić information content (AvgIpc) is 3.25. The van der Waals surface area contributed by atoms with Crippen LogP contribution in [0, 0.1) is 0 Å². The molecule has 0 aliphatic heterocycles. The Bertz CT molecular complexity index is 1130. The largest absolute Gasteiger partial charge is 0.288 e. The van der Waals surface area contributed by atoms with Crippen molar-refractivity contribution in [3.05, 3.63) is 103 Å². The number of carbonyl (C=O) groups excluding carboxylic acids is 2. The summed E-state index contributed by atoms with van der Waals surface area (Å²) >= 11 is 0. The number of para-hydroxylation sites is 1. The van der Waals surface area contributed by atoms with Gasteiger partial charge in [0.2, 0.25) is 0 Å². The summed E-state index contributed by atoms with van der Waals surface area (Å²) in [6.45, 7) is 0. The van der Waals surface area contributed by atoms with Crippen LogP contribution in [-0.2, 0) is 0 Å². The minimum absolute atomic E-state index is 0.205. The van der Waals surface area contributed by atoms with Crippen molar-refractivity contribution in [3.8, 4) is 16.9 Å². The molecule has 7 heteroatoms. The number of hydrazine groups is 1. The van der Waals surface area contributed by atoms with E-state index in [-0.39, 0.29) is 5.69 Å². The van der Waals surface area contributed by atoms with Crippen LogP contribution in [0.4, 0.5) is 0 Å². The van der Waals surface area contributed by atoms with Crippen LogP contribution in [0.2, 0.25) is 0 Å². The van der Waals surface area contributed by atoms with E-state index in [2.05, 4.69) is 20.9 Å². The molecule has 0 aliphatic carbocycles. The molecule has 142 valence electrons. The first-order valence-corrected chi connectivity index (χ1v) is 8.94. The molecule has 2 amide bonds. The van der Waals surface area contributed by atoms with Gasteiger partial charge in [0.25, 0.3) is 11.8 Å². The Morgan fingerprint density at radius 2 is 1.41 bits per heavy atom. The number of rotatable bonds is 4. The zero-order valence-electron chi connectivity index (χ0n) is 15.3. The van der Waals surface area contributed by atoms with Crippen LogP contribution < -0.4 is 10.9 Å². The number of nitrogens with zero attached hydrogens (tertiary/aromatic N) is 3. The van der Waals surface area contributed by atoms with Gasteiger partial charge in [-0.1, -0.05) is 54.6 Å². The zero-order chi connectivity index (χ0) is 20.1. The second-order valence-electron chi connectivity index (χ2n) is 6.16. The van der Waals surface area contributed by atoms with Crippen LogP contribution in [0.3, 0.4) is 0 Å². The smallest absolute Gasteiger partial charge is 0.267 e. The van der Waals surface area contributed by atoms with Crippen LogP contribution in [0.15, 0.2) is 91.3 Å². The van der Waals surface area contributed by atoms with E-state index in [9.17, 15) is 9.59 Å². The summed E-state index contributed by atoms with van der Waals surface area (Å²) in [6.07, 6.45) is 3.15. The molecule has 0 bridgehead atoms. The molecule has 0 radical (unpaired) electrons. The van der Waals surface area contributed by atoms with Gasteiger partial charge in [0.1, 0.15) is 11.4 Å². The van der Waals surface area contributed by atoms with Crippen molar-refractivity contribution in [1.82, 2.24) is 25.6 Å². The maximum atomic E-state index is 12.8. The van der Waals surface area contributed by atoms with Gasteiger partial charge in [0.15, 0.2) is 0 Å². The molecule has 0 unspecified atom stereocenters. The summed E-state index contributed by atoms with van der Waals surface area (Å²) in [5, 5.41) is 4.59. The van der Waals surface area contributed by atoms with E-state index in [0.29, 0.717) is 11.3 Å². The quantitative estimate of drug-likeness (QED) is 0.530. The highest BCUT2D eigenvalue weighted by atomic mass is 16.2. The highest BCUT2D eigenvalue weighted by Gasteiger charge is 2.19. The second-order valence-corrected chi connectivity index (χ2v) is 6.16. The molecule has 7 nitrogen and oxygen atoms in total. The first kappa shape index (κ1) is 18.1. The number of amides is 2. The molecule has 2 aromatic heterocycles. The second kappa shape index (κ2) is 8.18. The van der Waals surface area contributed by atoms with Gasteiger partial charge in [0.05, 0.1) is 11.3 Å². The lowest BCUT2D eigenvalue weighted by molar-refractivity contribution is 0.0844. The van der Waals surface area contributed by atoms with Crippen molar-refractivity contribution in [2.24, 2.45) is 0 Å². The monoisotopic (exact) mass is 383 g/mol. The van der Waals surface area contributed by atoms with Crippen molar-refractivity contribution in [1.29, 1.82) is 0 Å². The van der Waals surface area contributed by atoms with E-state index in [1.54, 1.807) is 29.1 Å². The summed E-state index contributed by atoms with van der Waals surface area (Å²) in [6, 6.07) is 23.8. The number of pyridine rings is 1. The third-order valence-corrected chi connectivity index (χ3v) is 4.21. The number of nitrogens with one attached hydrogen (secondary N) is 2. The number of hydrogen-bond donors (Lipinski definition) is 2. The van der Waals surface area contributed by atoms with E-state index in [0.717, 1.165) is 11.3 Å². The topological polar surface area (TPSA) is 88.9 Å². The third-order valence-electron chi connectivity index (χ3n) is 4.21. The van der Waals surface area contributed by atoms with Gasteiger partial charge < -0.3 is 0 Å². The van der Waals surface area contributed by atoms with Crippen LogP contribution in [-0.4, -0.2) is 26.6 Å². The van der Waals surface area contributed by atoms with Crippen LogP contribution in [0.1, 0.15) is 20.8 Å². The Morgan fingerprint density at radius 1 is 0.759 bits per heavy atom. The van der Waals surface area contributed by atoms with Crippen molar-refractivity contribution in [2.45, 2.75) is 0 Å². The summed E-state index contributed by atoms with van der Waals surface area (Å²) < 4.78 is 1.64. The molecular weight excluding hydrogens is 366 g/mol. The standard InChI is InChI=1S/C22H17N5O2/c28-21(24-25-22(29)19-13-7-8-14-23-19)18-15-27(17-11-5-2-6-12-17)26-20(18)16-9-3-1-4-10-16/h1-15H,(H,24,28)(H,25,29). The SMILES string of the molecule is O=C(NNC(=O)c1cn(-c2ccccc2)nc1-c1ccccc1)c1ccccn1. The maximum Gasteiger partial charge on any atom is 0.288 e. The molecule has 4 aromatic rings. The molecule has 0 spiro atoms. The molecule has 2 aromatic carbocycles. The molecule has 0 aliphatic rings. The molecule has 2 heterocycles. The lowest BCUT2D eigenvalue weighted by atomic mass is 10.1. The van der Waals surface area contributed by atoms with Gasteiger partial charge in [-0.05, 0) is 24.3 Å². The van der Waals surface area contributed by atoms with Gasteiger partial charge in [0, 0.05) is 18.0 Å². The van der Waals surface area contributed by atoms with E-state index in [1.165, 1.54) is 6.20 Å². The van der Waals surface area contributed by atoms with Gasteiger partial charge in [-0.15, -0.1) is 0 Å². The van der Waals surface area contributed by atoms with Crippen molar-refractivity contribution in [2.75, 3.05) is 0 Å². The molecule has 0 atom stereocenters.